The van der Waals surface area contributed by atoms with Gasteiger partial charge in [-0.2, -0.15) is 18.4 Å². The van der Waals surface area contributed by atoms with Gasteiger partial charge in [0.1, 0.15) is 6.42 Å². The molecule has 6 heteroatoms. The van der Waals surface area contributed by atoms with Crippen molar-refractivity contribution in [3.63, 3.8) is 0 Å². The van der Waals surface area contributed by atoms with Gasteiger partial charge in [-0.05, 0) is 6.92 Å². The molecule has 68 valence electrons. The molecule has 0 saturated carbocycles. The first-order valence-electron chi connectivity index (χ1n) is 3.14. The minimum Gasteiger partial charge on any atom is -0.480 e. The van der Waals surface area contributed by atoms with Crippen LogP contribution in [0.25, 0.3) is 0 Å². The first kappa shape index (κ1) is 10.8. The van der Waals surface area contributed by atoms with E-state index in [2.05, 4.69) is 9.73 Å². The normalized spacial score (nSPS) is 12.4. The number of nitrogens with zero attached hydrogens (tertiary/aromatic N) is 2. The van der Waals surface area contributed by atoms with Crippen molar-refractivity contribution in [2.75, 3.05) is 6.61 Å². The summed E-state index contributed by atoms with van der Waals surface area (Å²) in [6.07, 6.45) is -4.44. The fourth-order valence-electron chi connectivity index (χ4n) is 0.517. The maximum absolute atomic E-state index is 11.7. The van der Waals surface area contributed by atoms with E-state index in [0.29, 0.717) is 0 Å². The zero-order chi connectivity index (χ0) is 9.61. The Bertz CT molecular complexity index is 204. The smallest absolute Gasteiger partial charge is 0.397 e. The quantitative estimate of drug-likeness (QED) is 0.370. The van der Waals surface area contributed by atoms with Crippen LogP contribution in [0, 0.1) is 11.5 Å². The summed E-state index contributed by atoms with van der Waals surface area (Å²) in [5, 5.41) is 7.98. The maximum Gasteiger partial charge on any atom is 0.397 e. The van der Waals surface area contributed by atoms with Crippen LogP contribution in [0.5, 0.6) is 0 Å². The van der Waals surface area contributed by atoms with Crippen molar-refractivity contribution in [2.24, 2.45) is 4.99 Å². The van der Waals surface area contributed by atoms with E-state index in [4.69, 9.17) is 5.26 Å². The molecule has 0 atom stereocenters. The molecule has 0 saturated heterocycles. The van der Waals surface area contributed by atoms with Crippen molar-refractivity contribution in [2.45, 2.75) is 19.5 Å². The summed E-state index contributed by atoms with van der Waals surface area (Å²) in [5.74, 6) is -0.590. The molecular formula is C6H7F3N2O. The predicted molar refractivity (Wildman–Crippen MR) is 35.3 cm³/mol. The number of ether oxygens (including phenoxy) is 1. The molecule has 0 aliphatic heterocycles. The molecule has 0 amide bonds. The largest absolute Gasteiger partial charge is 0.480 e. The predicted octanol–water partition coefficient (Wildman–Crippen LogP) is 1.85. The molecule has 0 aliphatic rings. The molecule has 0 aromatic rings. The number of alkyl halides is 3. The second-order valence-electron chi connectivity index (χ2n) is 1.83. The van der Waals surface area contributed by atoms with E-state index >= 15 is 0 Å². The van der Waals surface area contributed by atoms with Gasteiger partial charge in [-0.15, -0.1) is 4.99 Å². The van der Waals surface area contributed by atoms with Crippen molar-refractivity contribution in [3.8, 4) is 6.19 Å². The summed E-state index contributed by atoms with van der Waals surface area (Å²) < 4.78 is 39.5. The number of hydrogen-bond acceptors (Lipinski definition) is 3. The number of halogens is 3. The standard InChI is InChI=1S/C6H7F3N2O/c1-2-12-5(11-4-10)3-6(7,8)9/h2-3H2,1H3. The maximum atomic E-state index is 11.7. The molecule has 0 radical (unpaired) electrons. The third-order valence-electron chi connectivity index (χ3n) is 0.837. The lowest BCUT2D eigenvalue weighted by atomic mass is 10.4. The molecule has 3 nitrogen and oxygen atoms in total. The van der Waals surface area contributed by atoms with Gasteiger partial charge in [-0.25, -0.2) is 0 Å². The Morgan fingerprint density at radius 2 is 2.17 bits per heavy atom. The van der Waals surface area contributed by atoms with Crippen LogP contribution < -0.4 is 0 Å². The average Bonchev–Trinajstić information content (AvgIpc) is 1.84. The molecule has 0 N–H and O–H groups in total. The molecule has 0 rings (SSSR count). The molecule has 0 aromatic carbocycles. The first-order valence-corrected chi connectivity index (χ1v) is 3.14. The van der Waals surface area contributed by atoms with Gasteiger partial charge in [0, 0.05) is 0 Å². The Morgan fingerprint density at radius 3 is 2.50 bits per heavy atom. The van der Waals surface area contributed by atoms with Crippen LogP contribution in [-0.2, 0) is 4.74 Å². The van der Waals surface area contributed by atoms with Crippen LogP contribution >= 0.6 is 0 Å². The first-order chi connectivity index (χ1) is 5.49. The monoisotopic (exact) mass is 180 g/mol. The SMILES string of the molecule is CCOC(CC(F)(F)F)=NC#N. The van der Waals surface area contributed by atoms with Crippen LogP contribution in [0.1, 0.15) is 13.3 Å². The van der Waals surface area contributed by atoms with E-state index in [1.165, 1.54) is 13.1 Å². The lowest BCUT2D eigenvalue weighted by Gasteiger charge is -2.07. The van der Waals surface area contributed by atoms with E-state index in [1.807, 2.05) is 0 Å². The van der Waals surface area contributed by atoms with Gasteiger partial charge in [-0.3, -0.25) is 0 Å². The highest BCUT2D eigenvalue weighted by Crippen LogP contribution is 2.20. The van der Waals surface area contributed by atoms with E-state index in [-0.39, 0.29) is 6.61 Å². The van der Waals surface area contributed by atoms with Crippen molar-refractivity contribution in [1.29, 1.82) is 5.26 Å². The summed E-state index contributed by atoms with van der Waals surface area (Å²) in [7, 11) is 0. The van der Waals surface area contributed by atoms with Gasteiger partial charge >= 0.3 is 6.18 Å². The molecule has 12 heavy (non-hydrogen) atoms. The third kappa shape index (κ3) is 5.53. The van der Waals surface area contributed by atoms with Crippen LogP contribution in [0.2, 0.25) is 0 Å². The van der Waals surface area contributed by atoms with Gasteiger partial charge in [0.05, 0.1) is 6.61 Å². The van der Waals surface area contributed by atoms with Gasteiger partial charge in [0.15, 0.2) is 0 Å². The van der Waals surface area contributed by atoms with E-state index < -0.39 is 18.5 Å². The highest BCUT2D eigenvalue weighted by atomic mass is 19.4. The molecule has 0 aliphatic carbocycles. The summed E-state index contributed by atoms with van der Waals surface area (Å²) in [4.78, 5) is 2.88. The average molecular weight is 180 g/mol. The fourth-order valence-corrected chi connectivity index (χ4v) is 0.517. The fraction of sp³-hybridized carbons (Fsp3) is 0.667. The van der Waals surface area contributed by atoms with E-state index in [1.54, 1.807) is 0 Å². The molecule has 0 fully saturated rings. The Balaban J connectivity index is 4.17. The Hall–Kier alpha value is -1.25. The zero-order valence-corrected chi connectivity index (χ0v) is 6.35. The molecule has 0 unspecified atom stereocenters. The molecular weight excluding hydrogens is 173 g/mol. The molecule has 0 bridgehead atoms. The summed E-state index contributed by atoms with van der Waals surface area (Å²) in [6, 6.07) is 0. The molecule has 0 aromatic heterocycles. The van der Waals surface area contributed by atoms with Crippen molar-refractivity contribution < 1.29 is 17.9 Å². The van der Waals surface area contributed by atoms with Gasteiger partial charge in [0.2, 0.25) is 12.1 Å². The zero-order valence-electron chi connectivity index (χ0n) is 6.35. The minimum absolute atomic E-state index is 0.0661. The Morgan fingerprint density at radius 1 is 1.58 bits per heavy atom. The summed E-state index contributed by atoms with van der Waals surface area (Å²) in [6.45, 7) is 1.58. The number of nitriles is 1. The molecule has 0 heterocycles. The lowest BCUT2D eigenvalue weighted by molar-refractivity contribution is -0.124. The van der Waals surface area contributed by atoms with Crippen LogP contribution in [0.3, 0.4) is 0 Å². The Kier molecular flexibility index (Phi) is 4.11. The Labute approximate surface area is 67.5 Å². The highest BCUT2D eigenvalue weighted by molar-refractivity contribution is 5.77. The van der Waals surface area contributed by atoms with Gasteiger partial charge in [0.25, 0.3) is 0 Å². The van der Waals surface area contributed by atoms with Crippen LogP contribution in [0.4, 0.5) is 13.2 Å². The van der Waals surface area contributed by atoms with Gasteiger partial charge in [-0.1, -0.05) is 0 Å². The summed E-state index contributed by atoms with van der Waals surface area (Å²) >= 11 is 0. The third-order valence-corrected chi connectivity index (χ3v) is 0.837. The van der Waals surface area contributed by atoms with Crippen LogP contribution in [-0.4, -0.2) is 18.7 Å². The van der Waals surface area contributed by atoms with E-state index in [0.717, 1.165) is 0 Å². The van der Waals surface area contributed by atoms with Gasteiger partial charge < -0.3 is 4.74 Å². The summed E-state index contributed by atoms with van der Waals surface area (Å²) in [5.41, 5.74) is 0. The number of aliphatic imine (C=N–C) groups is 1. The topological polar surface area (TPSA) is 45.4 Å². The number of hydrogen-bond donors (Lipinski definition) is 0. The second kappa shape index (κ2) is 4.59. The van der Waals surface area contributed by atoms with Crippen molar-refractivity contribution in [1.82, 2.24) is 0 Å². The highest BCUT2D eigenvalue weighted by Gasteiger charge is 2.30. The lowest BCUT2D eigenvalue weighted by Crippen LogP contribution is -2.17. The van der Waals surface area contributed by atoms with Crippen LogP contribution in [0.15, 0.2) is 4.99 Å². The molecule has 0 spiro atoms. The van der Waals surface area contributed by atoms with E-state index in [9.17, 15) is 13.2 Å². The second-order valence-corrected chi connectivity index (χ2v) is 1.83. The minimum atomic E-state index is -4.38. The number of rotatable bonds is 2. The van der Waals surface area contributed by atoms with Crippen molar-refractivity contribution >= 4 is 5.90 Å². The van der Waals surface area contributed by atoms with Crippen molar-refractivity contribution in [3.05, 3.63) is 0 Å².